The molecular weight excluding hydrogens is 561 g/mol. The lowest BCUT2D eigenvalue weighted by molar-refractivity contribution is -0.141. The highest BCUT2D eigenvalue weighted by Crippen LogP contribution is 2.26. The Kier molecular flexibility index (Phi) is 10.2. The summed E-state index contributed by atoms with van der Waals surface area (Å²) in [6, 6.07) is 20.4. The van der Waals surface area contributed by atoms with E-state index < -0.39 is 6.04 Å². The lowest BCUT2D eigenvalue weighted by Gasteiger charge is -2.32. The van der Waals surface area contributed by atoms with Gasteiger partial charge in [0.15, 0.2) is 0 Å². The summed E-state index contributed by atoms with van der Waals surface area (Å²) < 4.78 is 0. The van der Waals surface area contributed by atoms with Crippen LogP contribution in [0.2, 0.25) is 10.0 Å². The van der Waals surface area contributed by atoms with Gasteiger partial charge in [-0.05, 0) is 47.7 Å². The van der Waals surface area contributed by atoms with Crippen molar-refractivity contribution < 1.29 is 19.2 Å². The van der Waals surface area contributed by atoms with E-state index in [1.54, 1.807) is 47.4 Å². The molecule has 0 spiro atoms. The van der Waals surface area contributed by atoms with Gasteiger partial charge in [-0.25, -0.2) is 0 Å². The minimum Gasteiger partial charge on any atom is -0.354 e. The minimum atomic E-state index is -0.810. The van der Waals surface area contributed by atoms with Crippen molar-refractivity contribution in [1.29, 1.82) is 0 Å². The zero-order chi connectivity index (χ0) is 29.5. The van der Waals surface area contributed by atoms with E-state index in [1.165, 1.54) is 4.90 Å². The molecule has 0 fully saturated rings. The first kappa shape index (κ1) is 30.3. The maximum Gasteiger partial charge on any atom is 0.261 e. The number of hydrogen-bond acceptors (Lipinski definition) is 4. The molecule has 3 aromatic rings. The quantitative estimate of drug-likeness (QED) is 0.270. The zero-order valence-corrected chi connectivity index (χ0v) is 24.6. The van der Waals surface area contributed by atoms with Crippen LogP contribution in [0.15, 0.2) is 72.8 Å². The van der Waals surface area contributed by atoms with Crippen molar-refractivity contribution >= 4 is 46.8 Å². The summed E-state index contributed by atoms with van der Waals surface area (Å²) in [5.74, 6) is -1.05. The lowest BCUT2D eigenvalue weighted by Crippen LogP contribution is -2.51. The van der Waals surface area contributed by atoms with Crippen molar-refractivity contribution in [3.05, 3.63) is 105 Å². The maximum atomic E-state index is 13.8. The number of imide groups is 1. The largest absolute Gasteiger partial charge is 0.354 e. The van der Waals surface area contributed by atoms with Crippen molar-refractivity contribution in [3.8, 4) is 0 Å². The van der Waals surface area contributed by atoms with Crippen LogP contribution in [0, 0.1) is 5.92 Å². The third-order valence-corrected chi connectivity index (χ3v) is 7.55. The van der Waals surface area contributed by atoms with Crippen molar-refractivity contribution in [3.63, 3.8) is 0 Å². The Morgan fingerprint density at radius 1 is 0.902 bits per heavy atom. The summed E-state index contributed by atoms with van der Waals surface area (Å²) in [7, 11) is 0. The summed E-state index contributed by atoms with van der Waals surface area (Å²) in [6.45, 7) is 4.66. The highest BCUT2D eigenvalue weighted by Gasteiger charge is 2.35. The van der Waals surface area contributed by atoms with Gasteiger partial charge < -0.3 is 10.2 Å². The number of carbonyl (C=O) groups is 4. The molecule has 0 bridgehead atoms. The van der Waals surface area contributed by atoms with E-state index in [9.17, 15) is 19.2 Å². The molecule has 0 radical (unpaired) electrons. The lowest BCUT2D eigenvalue weighted by atomic mass is 10.0. The number of rotatable bonds is 12. The van der Waals surface area contributed by atoms with E-state index in [4.69, 9.17) is 23.2 Å². The fourth-order valence-electron chi connectivity index (χ4n) is 4.78. The van der Waals surface area contributed by atoms with Crippen molar-refractivity contribution in [1.82, 2.24) is 15.1 Å². The Morgan fingerprint density at radius 3 is 2.15 bits per heavy atom. The predicted molar refractivity (Wildman–Crippen MR) is 160 cm³/mol. The maximum absolute atomic E-state index is 13.8. The predicted octanol–water partition coefficient (Wildman–Crippen LogP) is 5.78. The molecule has 1 heterocycles. The Morgan fingerprint density at radius 2 is 1.54 bits per heavy atom. The second kappa shape index (κ2) is 13.8. The van der Waals surface area contributed by atoms with Gasteiger partial charge in [0.05, 0.1) is 11.1 Å². The van der Waals surface area contributed by atoms with E-state index in [-0.39, 0.29) is 55.5 Å². The van der Waals surface area contributed by atoms with E-state index in [2.05, 4.69) is 5.32 Å². The number of nitrogens with one attached hydrogen (secondary N) is 1. The number of hydrogen-bond donors (Lipinski definition) is 1. The summed E-state index contributed by atoms with van der Waals surface area (Å²) in [6.07, 6.45) is 0.586. The van der Waals surface area contributed by atoms with Gasteiger partial charge >= 0.3 is 0 Å². The monoisotopic (exact) mass is 593 g/mol. The highest BCUT2D eigenvalue weighted by atomic mass is 35.5. The highest BCUT2D eigenvalue weighted by molar-refractivity contribution is 6.35. The van der Waals surface area contributed by atoms with Crippen LogP contribution in [0.25, 0.3) is 0 Å². The fourth-order valence-corrected chi connectivity index (χ4v) is 5.25. The molecule has 7 nitrogen and oxygen atoms in total. The molecule has 0 aromatic heterocycles. The van der Waals surface area contributed by atoms with Crippen LogP contribution in [-0.4, -0.2) is 52.6 Å². The second-order valence-corrected chi connectivity index (χ2v) is 11.4. The van der Waals surface area contributed by atoms with Crippen LogP contribution in [0.1, 0.15) is 58.5 Å². The van der Waals surface area contributed by atoms with Crippen LogP contribution < -0.4 is 5.32 Å². The first-order valence-electron chi connectivity index (χ1n) is 13.7. The zero-order valence-electron chi connectivity index (χ0n) is 23.1. The fraction of sp³-hybridized carbons (Fsp3) is 0.312. The van der Waals surface area contributed by atoms with Gasteiger partial charge in [0.1, 0.15) is 6.04 Å². The van der Waals surface area contributed by atoms with E-state index in [1.807, 2.05) is 44.2 Å². The average molecular weight is 595 g/mol. The summed E-state index contributed by atoms with van der Waals surface area (Å²) >= 11 is 12.6. The molecule has 9 heteroatoms. The van der Waals surface area contributed by atoms with E-state index in [0.717, 1.165) is 5.56 Å². The first-order valence-corrected chi connectivity index (χ1v) is 14.4. The molecule has 41 heavy (non-hydrogen) atoms. The Hall–Kier alpha value is -3.68. The van der Waals surface area contributed by atoms with Crippen molar-refractivity contribution in [2.75, 3.05) is 13.1 Å². The number of amides is 4. The summed E-state index contributed by atoms with van der Waals surface area (Å²) in [5, 5.41) is 3.84. The number of fused-ring (bicyclic) bond motifs is 1. The molecule has 0 saturated carbocycles. The molecular formula is C32H33Cl2N3O4. The molecule has 1 aliphatic rings. The topological polar surface area (TPSA) is 86.8 Å². The smallest absolute Gasteiger partial charge is 0.261 e. The van der Waals surface area contributed by atoms with Gasteiger partial charge in [-0.15, -0.1) is 0 Å². The third kappa shape index (κ3) is 7.54. The number of nitrogens with zero attached hydrogens (tertiary/aromatic N) is 2. The van der Waals surface area contributed by atoms with Crippen LogP contribution in [0.3, 0.4) is 0 Å². The van der Waals surface area contributed by atoms with Crippen LogP contribution in [0.5, 0.6) is 0 Å². The number of benzene rings is 3. The average Bonchev–Trinajstić information content (AvgIpc) is 3.20. The van der Waals surface area contributed by atoms with Crippen molar-refractivity contribution in [2.24, 2.45) is 5.92 Å². The van der Waals surface area contributed by atoms with Gasteiger partial charge in [0.25, 0.3) is 11.8 Å². The van der Waals surface area contributed by atoms with Gasteiger partial charge in [0, 0.05) is 42.5 Å². The van der Waals surface area contributed by atoms with Crippen LogP contribution >= 0.6 is 23.2 Å². The SMILES string of the molecule is CC(C)CNC(=O)C(Cc1ccccc1)N(Cc1ccc(Cl)cc1Cl)C(=O)CCCN1C(=O)c2ccccc2C1=O. The molecule has 4 rings (SSSR count). The normalized spacial score (nSPS) is 13.3. The van der Waals surface area contributed by atoms with Gasteiger partial charge in [-0.1, -0.05) is 85.6 Å². The third-order valence-electron chi connectivity index (χ3n) is 6.96. The molecule has 1 unspecified atom stereocenters. The van der Waals surface area contributed by atoms with Crippen LogP contribution in [0.4, 0.5) is 0 Å². The number of halogens is 2. The molecule has 0 saturated heterocycles. The van der Waals surface area contributed by atoms with Crippen molar-refractivity contribution in [2.45, 2.75) is 45.7 Å². The van der Waals surface area contributed by atoms with E-state index in [0.29, 0.717) is 39.7 Å². The Bertz CT molecular complexity index is 1390. The van der Waals surface area contributed by atoms with Crippen LogP contribution in [-0.2, 0) is 22.6 Å². The van der Waals surface area contributed by atoms with E-state index >= 15 is 0 Å². The molecule has 4 amide bonds. The van der Waals surface area contributed by atoms with Gasteiger partial charge in [0.2, 0.25) is 11.8 Å². The molecule has 1 atom stereocenters. The molecule has 0 aliphatic carbocycles. The second-order valence-electron chi connectivity index (χ2n) is 10.5. The molecule has 214 valence electrons. The first-order chi connectivity index (χ1) is 19.7. The molecule has 3 aromatic carbocycles. The molecule has 1 aliphatic heterocycles. The Labute approximate surface area is 250 Å². The summed E-state index contributed by atoms with van der Waals surface area (Å²) in [5.41, 5.74) is 2.29. The summed E-state index contributed by atoms with van der Waals surface area (Å²) in [4.78, 5) is 55.7. The van der Waals surface area contributed by atoms with Gasteiger partial charge in [-0.2, -0.15) is 0 Å². The Balaban J connectivity index is 1.56. The minimum absolute atomic E-state index is 0.0291. The van der Waals surface area contributed by atoms with Gasteiger partial charge in [-0.3, -0.25) is 24.1 Å². The molecule has 1 N–H and O–H groups in total. The standard InChI is InChI=1S/C32H33Cl2N3O4/c1-21(2)19-35-30(39)28(17-22-9-4-3-5-10-22)37(20-23-14-15-24(33)18-27(23)34)29(38)13-8-16-36-31(40)25-11-6-7-12-26(25)32(36)41/h3-7,9-12,14-15,18,21,28H,8,13,16-17,19-20H2,1-2H3,(H,35,39). The number of carbonyl (C=O) groups excluding carboxylic acids is 4.